The summed E-state index contributed by atoms with van der Waals surface area (Å²) < 4.78 is 11.6. The average Bonchev–Trinajstić information content (AvgIpc) is 3.56. The van der Waals surface area contributed by atoms with Crippen LogP contribution in [0, 0.1) is 0 Å². The Kier molecular flexibility index (Phi) is 7.06. The van der Waals surface area contributed by atoms with E-state index >= 15 is 0 Å². The van der Waals surface area contributed by atoms with Crippen molar-refractivity contribution in [3.8, 4) is 0 Å². The summed E-state index contributed by atoms with van der Waals surface area (Å²) >= 11 is 1.38. The van der Waals surface area contributed by atoms with Crippen LogP contribution < -0.4 is 10.6 Å². The monoisotopic (exact) mass is 511 g/mol. The molecule has 0 bridgehead atoms. The zero-order valence-electron chi connectivity index (χ0n) is 20.0. The number of nitrogens with zero attached hydrogens (tertiary/aromatic N) is 1. The molecule has 36 heavy (non-hydrogen) atoms. The van der Waals surface area contributed by atoms with Crippen molar-refractivity contribution in [1.29, 1.82) is 0 Å². The molecule has 190 valence electrons. The van der Waals surface area contributed by atoms with Crippen LogP contribution in [0.5, 0.6) is 0 Å². The Balaban J connectivity index is 1.31. The topological polar surface area (TPSA) is 114 Å². The third-order valence-corrected chi connectivity index (χ3v) is 8.00. The fraction of sp³-hybridized carbons (Fsp3) is 0.462. The van der Waals surface area contributed by atoms with Gasteiger partial charge >= 0.3 is 5.97 Å². The molecular weight excluding hydrogens is 482 g/mol. The van der Waals surface area contributed by atoms with Crippen LogP contribution in [0.2, 0.25) is 0 Å². The van der Waals surface area contributed by atoms with Crippen molar-refractivity contribution in [2.45, 2.75) is 69.5 Å². The summed E-state index contributed by atoms with van der Waals surface area (Å²) in [6.45, 7) is 2.13. The number of carbonyl (C=O) groups excluding carboxylic acids is 4. The Hall–Kier alpha value is -3.24. The number of thiophene rings is 1. The maximum Gasteiger partial charge on any atom is 0.310 e. The number of ether oxygens (including phenoxy) is 2. The van der Waals surface area contributed by atoms with Crippen LogP contribution in [0.15, 0.2) is 42.5 Å². The lowest BCUT2D eigenvalue weighted by atomic mass is 10.0. The van der Waals surface area contributed by atoms with E-state index in [1.807, 2.05) is 42.5 Å². The van der Waals surface area contributed by atoms with Gasteiger partial charge in [-0.05, 0) is 50.1 Å². The fourth-order valence-corrected chi connectivity index (χ4v) is 6.13. The van der Waals surface area contributed by atoms with Crippen molar-refractivity contribution in [1.82, 2.24) is 15.5 Å². The Labute approximate surface area is 212 Å². The molecule has 1 aromatic heterocycles. The number of hydrogen-bond donors (Lipinski definition) is 2. The summed E-state index contributed by atoms with van der Waals surface area (Å²) in [5.41, 5.74) is 0. The van der Waals surface area contributed by atoms with Gasteiger partial charge in [-0.1, -0.05) is 30.4 Å². The van der Waals surface area contributed by atoms with E-state index in [2.05, 4.69) is 10.6 Å². The van der Waals surface area contributed by atoms with Crippen molar-refractivity contribution in [3.63, 3.8) is 0 Å². The molecule has 2 N–H and O–H groups in total. The molecule has 0 aliphatic carbocycles. The molecule has 5 rings (SSSR count). The van der Waals surface area contributed by atoms with Crippen molar-refractivity contribution in [2.75, 3.05) is 6.61 Å². The Morgan fingerprint density at radius 3 is 2.75 bits per heavy atom. The first-order chi connectivity index (χ1) is 17.4. The predicted octanol–water partition coefficient (Wildman–Crippen LogP) is 2.50. The van der Waals surface area contributed by atoms with Gasteiger partial charge in [0.25, 0.3) is 5.91 Å². The number of hydrogen-bond acceptors (Lipinski definition) is 7. The van der Waals surface area contributed by atoms with Crippen LogP contribution in [0.4, 0.5) is 0 Å². The van der Waals surface area contributed by atoms with Gasteiger partial charge in [-0.2, -0.15) is 0 Å². The van der Waals surface area contributed by atoms with E-state index in [1.165, 1.54) is 11.3 Å². The van der Waals surface area contributed by atoms with Gasteiger partial charge in [-0.3, -0.25) is 19.2 Å². The summed E-state index contributed by atoms with van der Waals surface area (Å²) in [4.78, 5) is 53.9. The number of cyclic esters (lactones) is 1. The Morgan fingerprint density at radius 1 is 1.14 bits per heavy atom. The van der Waals surface area contributed by atoms with Crippen LogP contribution >= 0.6 is 11.3 Å². The second-order valence-corrected chi connectivity index (χ2v) is 10.3. The number of fused-ring (bicyclic) bond motifs is 2. The third kappa shape index (κ3) is 4.87. The lowest BCUT2D eigenvalue weighted by Crippen LogP contribution is -2.57. The van der Waals surface area contributed by atoms with E-state index in [0.717, 1.165) is 10.1 Å². The van der Waals surface area contributed by atoms with Gasteiger partial charge in [-0.15, -0.1) is 11.3 Å². The van der Waals surface area contributed by atoms with E-state index in [4.69, 9.17) is 9.47 Å². The van der Waals surface area contributed by atoms with E-state index in [1.54, 1.807) is 11.8 Å². The highest BCUT2D eigenvalue weighted by molar-refractivity contribution is 7.20. The Bertz CT molecular complexity index is 1180. The van der Waals surface area contributed by atoms with Gasteiger partial charge in [0.2, 0.25) is 18.1 Å². The van der Waals surface area contributed by atoms with E-state index in [0.29, 0.717) is 37.2 Å². The molecule has 9 nitrogen and oxygen atoms in total. The van der Waals surface area contributed by atoms with Crippen molar-refractivity contribution < 1.29 is 28.7 Å². The van der Waals surface area contributed by atoms with Crippen molar-refractivity contribution >= 4 is 45.1 Å². The van der Waals surface area contributed by atoms with Crippen LogP contribution in [0.25, 0.3) is 10.1 Å². The number of esters is 1. The molecule has 2 saturated heterocycles. The van der Waals surface area contributed by atoms with Crippen LogP contribution in [-0.4, -0.2) is 65.7 Å². The molecule has 0 spiro atoms. The molecule has 3 amide bonds. The summed E-state index contributed by atoms with van der Waals surface area (Å²) in [7, 11) is 0. The van der Waals surface area contributed by atoms with E-state index < -0.39 is 30.4 Å². The fourth-order valence-electron chi connectivity index (χ4n) is 5.16. The minimum atomic E-state index is -0.831. The smallest absolute Gasteiger partial charge is 0.310 e. The molecular formula is C26H29N3O6S. The molecule has 3 aliphatic heterocycles. The third-order valence-electron chi connectivity index (χ3n) is 6.88. The van der Waals surface area contributed by atoms with Crippen LogP contribution in [-0.2, 0) is 23.9 Å². The highest BCUT2D eigenvalue weighted by Gasteiger charge is 2.45. The minimum Gasteiger partial charge on any atom is -0.433 e. The lowest BCUT2D eigenvalue weighted by Gasteiger charge is -2.34. The minimum absolute atomic E-state index is 0.0249. The zero-order chi connectivity index (χ0) is 25.2. The number of carbonyl (C=O) groups is 4. The second-order valence-electron chi connectivity index (χ2n) is 9.24. The first-order valence-corrected chi connectivity index (χ1v) is 13.1. The van der Waals surface area contributed by atoms with Crippen molar-refractivity contribution in [2.24, 2.45) is 0 Å². The zero-order valence-corrected chi connectivity index (χ0v) is 20.8. The molecule has 0 radical (unpaired) electrons. The van der Waals surface area contributed by atoms with E-state index in [9.17, 15) is 19.2 Å². The molecule has 2 fully saturated rings. The number of nitrogens with one attached hydrogen (secondary N) is 2. The standard InChI is InChI=1S/C26H29N3O6S/c1-2-34-26-18(14-22(30)35-26)28-23(31)19-12-11-16-8-4-5-9-17(25(33)29(16)19)27-24(32)21-13-15-7-3-6-10-20(15)36-21/h3-7,10,13,16-19,26H,2,8-9,11-12,14H2,1H3,(H,27,32)(H,28,31)/t16-,17+,18?,19+,26?/m1/s1. The second kappa shape index (κ2) is 10.4. The number of amides is 3. The summed E-state index contributed by atoms with van der Waals surface area (Å²) in [6, 6.07) is 7.39. The normalized spacial score (nSPS) is 27.9. The largest absolute Gasteiger partial charge is 0.433 e. The molecule has 1 aromatic carbocycles. The molecule has 5 atom stereocenters. The van der Waals surface area contributed by atoms with Gasteiger partial charge in [0, 0.05) is 17.3 Å². The molecule has 10 heteroatoms. The quantitative estimate of drug-likeness (QED) is 0.455. The number of benzene rings is 1. The first kappa shape index (κ1) is 24.5. The first-order valence-electron chi connectivity index (χ1n) is 12.3. The van der Waals surface area contributed by atoms with E-state index in [-0.39, 0.29) is 30.2 Å². The molecule has 0 saturated carbocycles. The summed E-state index contributed by atoms with van der Waals surface area (Å²) in [5, 5.41) is 6.75. The maximum atomic E-state index is 13.7. The van der Waals surface area contributed by atoms with Crippen LogP contribution in [0.3, 0.4) is 0 Å². The Morgan fingerprint density at radius 2 is 1.94 bits per heavy atom. The molecule has 2 unspecified atom stereocenters. The summed E-state index contributed by atoms with van der Waals surface area (Å²) in [5.74, 6) is -1.34. The predicted molar refractivity (Wildman–Crippen MR) is 133 cm³/mol. The van der Waals surface area contributed by atoms with Crippen molar-refractivity contribution in [3.05, 3.63) is 47.4 Å². The van der Waals surface area contributed by atoms with Gasteiger partial charge in [-0.25, -0.2) is 0 Å². The maximum absolute atomic E-state index is 13.7. The molecule has 3 aliphatic rings. The van der Waals surface area contributed by atoms with Gasteiger partial charge in [0.15, 0.2) is 0 Å². The highest BCUT2D eigenvalue weighted by Crippen LogP contribution is 2.31. The molecule has 2 aromatic rings. The van der Waals surface area contributed by atoms with Gasteiger partial charge in [0.1, 0.15) is 18.1 Å². The van der Waals surface area contributed by atoms with Crippen LogP contribution in [0.1, 0.15) is 48.7 Å². The average molecular weight is 512 g/mol. The number of rotatable bonds is 6. The van der Waals surface area contributed by atoms with Gasteiger partial charge < -0.3 is 25.0 Å². The lowest BCUT2D eigenvalue weighted by molar-refractivity contribution is -0.164. The SMILES string of the molecule is CCOC1OC(=O)CC1NC(=O)[C@@H]1CC[C@H]2CC=CC[C@H](NC(=O)c3cc4ccccc4s3)C(=O)N21. The summed E-state index contributed by atoms with van der Waals surface area (Å²) in [6.07, 6.45) is 5.32. The van der Waals surface area contributed by atoms with Gasteiger partial charge in [0.05, 0.1) is 11.3 Å². The highest BCUT2D eigenvalue weighted by atomic mass is 32.1. The molecule has 4 heterocycles.